The smallest absolute Gasteiger partial charge is 0.290 e. The summed E-state index contributed by atoms with van der Waals surface area (Å²) < 4.78 is 5.39. The zero-order chi connectivity index (χ0) is 25.8. The molecule has 2 aliphatic heterocycles. The lowest BCUT2D eigenvalue weighted by atomic mass is 9.80. The highest BCUT2D eigenvalue weighted by Gasteiger charge is 2.53. The van der Waals surface area contributed by atoms with E-state index in [0.717, 1.165) is 39.3 Å². The largest absolute Gasteiger partial charge is 0.483 e. The molecule has 1 aromatic carbocycles. The van der Waals surface area contributed by atoms with Crippen LogP contribution in [0.3, 0.4) is 0 Å². The normalized spacial score (nSPS) is 21.1. The van der Waals surface area contributed by atoms with Crippen LogP contribution >= 0.6 is 0 Å². The lowest BCUT2D eigenvalue weighted by molar-refractivity contribution is -0.132. The van der Waals surface area contributed by atoms with Crippen molar-refractivity contribution in [3.8, 4) is 0 Å². The van der Waals surface area contributed by atoms with E-state index in [1.54, 1.807) is 0 Å². The topological polar surface area (TPSA) is 126 Å². The van der Waals surface area contributed by atoms with Crippen LogP contribution in [0, 0.1) is 11.3 Å². The number of hydrogen-bond acceptors (Lipinski definition) is 6. The SMILES string of the molecule is CCOCCC(=O)N1CC2CN(Cc3ccc4[nH]ccc4c3)CC2(CN(C)C)C1.O=CO.O=CO. The number of amides is 1. The number of ether oxygens (including phenoxy) is 1. The minimum Gasteiger partial charge on any atom is -0.483 e. The minimum absolute atomic E-state index is 0.170. The number of fused-ring (bicyclic) bond motifs is 2. The van der Waals surface area contributed by atoms with Gasteiger partial charge in [-0.05, 0) is 56.1 Å². The van der Waals surface area contributed by atoms with Crippen molar-refractivity contribution in [2.75, 3.05) is 60.0 Å². The van der Waals surface area contributed by atoms with Crippen molar-refractivity contribution in [2.45, 2.75) is 19.9 Å². The van der Waals surface area contributed by atoms with Crippen LogP contribution < -0.4 is 0 Å². The number of likely N-dealkylation sites (tertiary alicyclic amines) is 2. The second kappa shape index (κ2) is 13.8. The van der Waals surface area contributed by atoms with Crippen molar-refractivity contribution in [3.05, 3.63) is 36.0 Å². The van der Waals surface area contributed by atoms with E-state index in [9.17, 15) is 4.79 Å². The number of carbonyl (C=O) groups is 3. The average molecular weight is 491 g/mol. The summed E-state index contributed by atoms with van der Waals surface area (Å²) in [4.78, 5) is 39.6. The third kappa shape index (κ3) is 7.78. The van der Waals surface area contributed by atoms with Crippen molar-refractivity contribution in [1.29, 1.82) is 0 Å². The number of aromatic amines is 1. The number of rotatable bonds is 8. The number of H-pyrrole nitrogens is 1. The van der Waals surface area contributed by atoms with Crippen molar-refractivity contribution in [1.82, 2.24) is 19.7 Å². The molecule has 2 atom stereocenters. The second-order valence-electron chi connectivity index (χ2n) is 9.30. The van der Waals surface area contributed by atoms with E-state index < -0.39 is 0 Å². The standard InChI is InChI=1S/C23H34N4O2.2CH2O2/c1-4-29-10-8-22(28)27-14-20-13-26(16-23(20,17-27)15-25(2)3)12-18-5-6-21-19(11-18)7-9-24-21;2*2-1-3/h5-7,9,11,20,24H,4,8,10,12-17H2,1-3H3;2*1H,(H,2,3). The summed E-state index contributed by atoms with van der Waals surface area (Å²) in [5, 5.41) is 15.1. The second-order valence-corrected chi connectivity index (χ2v) is 9.30. The maximum absolute atomic E-state index is 12.7. The van der Waals surface area contributed by atoms with Gasteiger partial charge in [0.2, 0.25) is 5.91 Å². The molecule has 35 heavy (non-hydrogen) atoms. The highest BCUT2D eigenvalue weighted by atomic mass is 16.5. The Morgan fingerprint density at radius 2 is 1.91 bits per heavy atom. The van der Waals surface area contributed by atoms with E-state index in [1.165, 1.54) is 16.5 Å². The Kier molecular flexibility index (Phi) is 11.2. The monoisotopic (exact) mass is 490 g/mol. The zero-order valence-electron chi connectivity index (χ0n) is 20.9. The summed E-state index contributed by atoms with van der Waals surface area (Å²) in [6.45, 7) is 8.55. The number of aromatic nitrogens is 1. The highest BCUT2D eigenvalue weighted by molar-refractivity contribution is 5.80. The molecule has 10 heteroatoms. The van der Waals surface area contributed by atoms with Crippen LogP contribution in [-0.4, -0.2) is 109 Å². The molecular weight excluding hydrogens is 452 g/mol. The first-order valence-electron chi connectivity index (χ1n) is 11.8. The lowest BCUT2D eigenvalue weighted by Gasteiger charge is -2.32. The quantitative estimate of drug-likeness (QED) is 0.378. The fourth-order valence-electron chi connectivity index (χ4n) is 5.38. The summed E-state index contributed by atoms with van der Waals surface area (Å²) in [6, 6.07) is 8.84. The predicted octanol–water partition coefficient (Wildman–Crippen LogP) is 1.82. The van der Waals surface area contributed by atoms with Gasteiger partial charge < -0.3 is 29.7 Å². The van der Waals surface area contributed by atoms with Crippen molar-refractivity contribution >= 4 is 29.8 Å². The van der Waals surface area contributed by atoms with Crippen molar-refractivity contribution in [3.63, 3.8) is 0 Å². The molecule has 2 saturated heterocycles. The van der Waals surface area contributed by atoms with Crippen LogP contribution in [0.25, 0.3) is 10.9 Å². The molecule has 10 nitrogen and oxygen atoms in total. The van der Waals surface area contributed by atoms with Crippen molar-refractivity contribution < 1.29 is 29.3 Å². The molecule has 1 amide bonds. The molecule has 0 saturated carbocycles. The molecule has 4 rings (SSSR count). The number of carboxylic acid groups (broad SMARTS) is 2. The van der Waals surface area contributed by atoms with Crippen LogP contribution in [0.4, 0.5) is 0 Å². The van der Waals surface area contributed by atoms with Gasteiger partial charge in [0.15, 0.2) is 0 Å². The predicted molar refractivity (Wildman–Crippen MR) is 133 cm³/mol. The van der Waals surface area contributed by atoms with Crippen LogP contribution in [0.2, 0.25) is 0 Å². The lowest BCUT2D eigenvalue weighted by Crippen LogP contribution is -2.42. The molecule has 3 heterocycles. The van der Waals surface area contributed by atoms with Gasteiger partial charge in [-0.1, -0.05) is 6.07 Å². The number of nitrogens with zero attached hydrogens (tertiary/aromatic N) is 3. The Bertz CT molecular complexity index is 943. The molecular formula is C25H38N4O6. The number of benzene rings is 1. The van der Waals surface area contributed by atoms with Crippen molar-refractivity contribution in [2.24, 2.45) is 11.3 Å². The Hall–Kier alpha value is -2.95. The van der Waals surface area contributed by atoms with Gasteiger partial charge in [0.05, 0.1) is 13.0 Å². The van der Waals surface area contributed by atoms with Gasteiger partial charge in [0.1, 0.15) is 0 Å². The van der Waals surface area contributed by atoms with E-state index >= 15 is 0 Å². The van der Waals surface area contributed by atoms with Gasteiger partial charge in [-0.3, -0.25) is 19.3 Å². The molecule has 2 fully saturated rings. The molecule has 0 radical (unpaired) electrons. The molecule has 2 aliphatic rings. The highest BCUT2D eigenvalue weighted by Crippen LogP contribution is 2.43. The van der Waals surface area contributed by atoms with Gasteiger partial charge in [-0.25, -0.2) is 0 Å². The third-order valence-electron chi connectivity index (χ3n) is 6.50. The maximum atomic E-state index is 12.7. The molecule has 1 aromatic heterocycles. The van der Waals surface area contributed by atoms with E-state index in [4.69, 9.17) is 24.5 Å². The maximum Gasteiger partial charge on any atom is 0.290 e. The van der Waals surface area contributed by atoms with E-state index in [2.05, 4.69) is 58.0 Å². The Morgan fingerprint density at radius 1 is 1.20 bits per heavy atom. The third-order valence-corrected chi connectivity index (χ3v) is 6.50. The van der Waals surface area contributed by atoms with Crippen LogP contribution in [0.15, 0.2) is 30.5 Å². The number of nitrogens with one attached hydrogen (secondary N) is 1. The summed E-state index contributed by atoms with van der Waals surface area (Å²) in [7, 11) is 4.29. The van der Waals surface area contributed by atoms with Crippen LogP contribution in [-0.2, 0) is 25.7 Å². The molecule has 2 unspecified atom stereocenters. The first-order chi connectivity index (χ1) is 16.8. The number of carbonyl (C=O) groups excluding carboxylic acids is 1. The summed E-state index contributed by atoms with van der Waals surface area (Å²) in [5.74, 6) is 0.785. The molecule has 3 N–H and O–H groups in total. The zero-order valence-corrected chi connectivity index (χ0v) is 20.9. The molecule has 0 bridgehead atoms. The Balaban J connectivity index is 0.000000655. The fourth-order valence-corrected chi connectivity index (χ4v) is 5.38. The van der Waals surface area contributed by atoms with E-state index in [1.807, 2.05) is 13.1 Å². The Morgan fingerprint density at radius 3 is 2.57 bits per heavy atom. The van der Waals surface area contributed by atoms with Gasteiger partial charge >= 0.3 is 0 Å². The van der Waals surface area contributed by atoms with Gasteiger partial charge in [0.25, 0.3) is 12.9 Å². The first-order valence-corrected chi connectivity index (χ1v) is 11.8. The van der Waals surface area contributed by atoms with E-state index in [0.29, 0.717) is 25.6 Å². The molecule has 194 valence electrons. The van der Waals surface area contributed by atoms with Crippen LogP contribution in [0.1, 0.15) is 18.9 Å². The summed E-state index contributed by atoms with van der Waals surface area (Å²) in [6.07, 6.45) is 2.50. The Labute approximate surface area is 206 Å². The summed E-state index contributed by atoms with van der Waals surface area (Å²) in [5.41, 5.74) is 2.72. The summed E-state index contributed by atoms with van der Waals surface area (Å²) >= 11 is 0. The van der Waals surface area contributed by atoms with Crippen LogP contribution in [0.5, 0.6) is 0 Å². The van der Waals surface area contributed by atoms with Gasteiger partial charge in [-0.15, -0.1) is 0 Å². The molecule has 0 spiro atoms. The van der Waals surface area contributed by atoms with Gasteiger partial charge in [0, 0.05) is 63.0 Å². The molecule has 2 aromatic rings. The minimum atomic E-state index is -0.250. The number of hydrogen-bond donors (Lipinski definition) is 3. The average Bonchev–Trinajstić information content (AvgIpc) is 3.46. The van der Waals surface area contributed by atoms with E-state index in [-0.39, 0.29) is 24.3 Å². The first kappa shape index (κ1) is 28.3. The van der Waals surface area contributed by atoms with Gasteiger partial charge in [-0.2, -0.15) is 0 Å². The molecule has 0 aliphatic carbocycles. The fraction of sp³-hybridized carbons (Fsp3) is 0.560.